The molecular formula is C51H38N4O. The minimum atomic E-state index is -0.119. The molecule has 0 atom stereocenters. The highest BCUT2D eigenvalue weighted by Crippen LogP contribution is 2.56. The van der Waals surface area contributed by atoms with Crippen molar-refractivity contribution in [2.75, 3.05) is 0 Å². The van der Waals surface area contributed by atoms with Gasteiger partial charge in [-0.15, -0.1) is 0 Å². The minimum Gasteiger partial charge on any atom is -0.456 e. The normalized spacial score (nSPS) is 14.4. The molecule has 0 saturated heterocycles. The second-order valence-corrected chi connectivity index (χ2v) is 16.0. The van der Waals surface area contributed by atoms with Crippen LogP contribution in [0.5, 0.6) is 0 Å². The lowest BCUT2D eigenvalue weighted by atomic mass is 9.55. The van der Waals surface area contributed by atoms with Crippen molar-refractivity contribution in [3.8, 4) is 51.0 Å². The monoisotopic (exact) mass is 722 g/mol. The number of para-hydroxylation sites is 2. The summed E-state index contributed by atoms with van der Waals surface area (Å²) >= 11 is 0. The van der Waals surface area contributed by atoms with E-state index in [9.17, 15) is 0 Å². The summed E-state index contributed by atoms with van der Waals surface area (Å²) in [4.78, 5) is 15.5. The molecule has 10 aromatic rings. The number of hydrogen-bond acceptors (Lipinski definition) is 4. The maximum Gasteiger partial charge on any atom is 0.164 e. The van der Waals surface area contributed by atoms with Crippen molar-refractivity contribution in [1.29, 1.82) is 0 Å². The fourth-order valence-electron chi connectivity index (χ4n) is 9.13. The Hall–Kier alpha value is -6.85. The van der Waals surface area contributed by atoms with Gasteiger partial charge in [-0.3, -0.25) is 0 Å². The van der Waals surface area contributed by atoms with Crippen molar-refractivity contribution in [2.24, 2.45) is 0 Å². The number of benzene rings is 7. The molecule has 3 heterocycles. The Morgan fingerprint density at radius 3 is 1.95 bits per heavy atom. The van der Waals surface area contributed by atoms with Crippen LogP contribution in [-0.4, -0.2) is 19.5 Å². The number of rotatable bonds is 4. The van der Waals surface area contributed by atoms with Crippen LogP contribution in [0.4, 0.5) is 0 Å². The van der Waals surface area contributed by atoms with Gasteiger partial charge in [-0.05, 0) is 57.9 Å². The molecule has 0 spiro atoms. The van der Waals surface area contributed by atoms with Crippen LogP contribution in [-0.2, 0) is 10.8 Å². The van der Waals surface area contributed by atoms with Gasteiger partial charge >= 0.3 is 0 Å². The van der Waals surface area contributed by atoms with Crippen LogP contribution >= 0.6 is 0 Å². The van der Waals surface area contributed by atoms with Crippen LogP contribution in [0.1, 0.15) is 38.8 Å². The lowest BCUT2D eigenvalue weighted by molar-refractivity contribution is 0.299. The highest BCUT2D eigenvalue weighted by molar-refractivity contribution is 6.15. The molecule has 56 heavy (non-hydrogen) atoms. The number of fused-ring (bicyclic) bond motifs is 10. The van der Waals surface area contributed by atoms with Crippen LogP contribution < -0.4 is 0 Å². The van der Waals surface area contributed by atoms with Crippen LogP contribution in [0.15, 0.2) is 162 Å². The first kappa shape index (κ1) is 32.6. The van der Waals surface area contributed by atoms with Crippen LogP contribution in [0.2, 0.25) is 0 Å². The topological polar surface area (TPSA) is 56.7 Å². The Bertz CT molecular complexity index is 3200. The molecule has 0 bridgehead atoms. The van der Waals surface area contributed by atoms with E-state index < -0.39 is 0 Å². The molecule has 1 aliphatic rings. The smallest absolute Gasteiger partial charge is 0.164 e. The number of furan rings is 1. The highest BCUT2D eigenvalue weighted by atomic mass is 16.3. The van der Waals surface area contributed by atoms with Gasteiger partial charge in [0.1, 0.15) is 11.2 Å². The van der Waals surface area contributed by atoms with Crippen molar-refractivity contribution in [3.05, 3.63) is 169 Å². The van der Waals surface area contributed by atoms with Gasteiger partial charge < -0.3 is 8.98 Å². The first-order valence-electron chi connectivity index (χ1n) is 19.3. The molecule has 0 N–H and O–H groups in total. The Morgan fingerprint density at radius 2 is 1.09 bits per heavy atom. The minimum absolute atomic E-state index is 0.0685. The molecule has 1 aliphatic carbocycles. The molecule has 0 radical (unpaired) electrons. The average Bonchev–Trinajstić information content (AvgIpc) is 3.79. The van der Waals surface area contributed by atoms with Crippen molar-refractivity contribution in [1.82, 2.24) is 19.5 Å². The summed E-state index contributed by atoms with van der Waals surface area (Å²) in [5.74, 6) is 1.83. The van der Waals surface area contributed by atoms with E-state index in [0.717, 1.165) is 49.8 Å². The molecule has 7 aromatic carbocycles. The third-order valence-corrected chi connectivity index (χ3v) is 12.6. The SMILES string of the molecule is CC1(C)c2ccccc2-c2c(ccc3c4ccccc4n(-c4cccc(-c5nc(-c6ccccc6)nc(-c6cccc7oc8ccccc8c67)n5)c4)c23)C1(C)C. The van der Waals surface area contributed by atoms with E-state index >= 15 is 0 Å². The van der Waals surface area contributed by atoms with E-state index in [2.05, 4.69) is 141 Å². The third kappa shape index (κ3) is 4.58. The van der Waals surface area contributed by atoms with Gasteiger partial charge in [-0.25, -0.2) is 15.0 Å². The van der Waals surface area contributed by atoms with E-state index in [4.69, 9.17) is 19.4 Å². The van der Waals surface area contributed by atoms with Crippen molar-refractivity contribution in [2.45, 2.75) is 38.5 Å². The molecular weight excluding hydrogens is 685 g/mol. The molecule has 0 amide bonds. The Labute approximate surface area is 324 Å². The first-order chi connectivity index (χ1) is 27.3. The molecule has 0 saturated carbocycles. The lowest BCUT2D eigenvalue weighted by Crippen LogP contribution is -2.43. The van der Waals surface area contributed by atoms with Gasteiger partial charge in [-0.2, -0.15) is 0 Å². The van der Waals surface area contributed by atoms with Gasteiger partial charge in [0.05, 0.1) is 11.0 Å². The summed E-state index contributed by atoms with van der Waals surface area (Å²) in [6.07, 6.45) is 0. The second-order valence-electron chi connectivity index (χ2n) is 16.0. The predicted molar refractivity (Wildman–Crippen MR) is 229 cm³/mol. The summed E-state index contributed by atoms with van der Waals surface area (Å²) in [5, 5.41) is 4.50. The summed E-state index contributed by atoms with van der Waals surface area (Å²) < 4.78 is 8.74. The largest absolute Gasteiger partial charge is 0.456 e. The van der Waals surface area contributed by atoms with Gasteiger partial charge in [0.2, 0.25) is 0 Å². The van der Waals surface area contributed by atoms with E-state index in [0.29, 0.717) is 17.5 Å². The maximum atomic E-state index is 6.28. The summed E-state index contributed by atoms with van der Waals surface area (Å²) in [7, 11) is 0. The summed E-state index contributed by atoms with van der Waals surface area (Å²) in [6, 6.07) is 55.5. The van der Waals surface area contributed by atoms with Crippen LogP contribution in [0, 0.1) is 0 Å². The maximum absolute atomic E-state index is 6.28. The first-order valence-corrected chi connectivity index (χ1v) is 19.3. The Balaban J connectivity index is 1.17. The molecule has 11 rings (SSSR count). The summed E-state index contributed by atoms with van der Waals surface area (Å²) in [5.41, 5.74) is 13.0. The number of nitrogens with zero attached hydrogens (tertiary/aromatic N) is 4. The standard InChI is InChI=1S/C51H38N4O/c1-50(2)39-24-11-8-21-36(39)45-40(51(50,3)4)29-28-35-34-20-9-12-25-41(34)55(46(35)45)33-19-14-18-32(30-33)48-52-47(31-16-6-5-7-17-31)53-49(54-48)38-23-15-27-43-44(38)37-22-10-13-26-42(37)56-43/h5-30H,1-4H3. The van der Waals surface area contributed by atoms with Crippen molar-refractivity contribution < 1.29 is 4.42 Å². The highest BCUT2D eigenvalue weighted by Gasteiger charge is 2.46. The predicted octanol–water partition coefficient (Wildman–Crippen LogP) is 13.1. The molecule has 268 valence electrons. The zero-order valence-corrected chi connectivity index (χ0v) is 31.7. The second kappa shape index (κ2) is 11.8. The third-order valence-electron chi connectivity index (χ3n) is 12.6. The Morgan fingerprint density at radius 1 is 0.464 bits per heavy atom. The Kier molecular flexibility index (Phi) is 6.88. The lowest BCUT2D eigenvalue weighted by Gasteiger charge is -2.48. The zero-order chi connectivity index (χ0) is 37.8. The van der Waals surface area contributed by atoms with Crippen LogP contribution in [0.25, 0.3) is 94.7 Å². The van der Waals surface area contributed by atoms with Crippen LogP contribution in [0.3, 0.4) is 0 Å². The summed E-state index contributed by atoms with van der Waals surface area (Å²) in [6.45, 7) is 9.58. The van der Waals surface area contributed by atoms with Crippen molar-refractivity contribution in [3.63, 3.8) is 0 Å². The average molecular weight is 723 g/mol. The fraction of sp³-hybridized carbons (Fsp3) is 0.118. The molecule has 0 fully saturated rings. The van der Waals surface area contributed by atoms with Gasteiger partial charge in [0, 0.05) is 49.5 Å². The van der Waals surface area contributed by atoms with E-state index in [-0.39, 0.29) is 10.8 Å². The zero-order valence-electron chi connectivity index (χ0n) is 31.7. The number of aromatic nitrogens is 4. The van der Waals surface area contributed by atoms with Gasteiger partial charge in [0.25, 0.3) is 0 Å². The molecule has 5 heteroatoms. The molecule has 0 unspecified atom stereocenters. The number of hydrogen-bond donors (Lipinski definition) is 0. The van der Waals surface area contributed by atoms with Crippen molar-refractivity contribution >= 4 is 43.7 Å². The molecule has 5 nitrogen and oxygen atoms in total. The van der Waals surface area contributed by atoms with E-state index in [1.54, 1.807) is 0 Å². The molecule has 0 aliphatic heterocycles. The fourth-order valence-corrected chi connectivity index (χ4v) is 9.13. The van der Waals surface area contributed by atoms with E-state index in [1.807, 2.05) is 48.5 Å². The quantitative estimate of drug-likeness (QED) is 0.181. The van der Waals surface area contributed by atoms with Gasteiger partial charge in [-0.1, -0.05) is 155 Å². The van der Waals surface area contributed by atoms with Gasteiger partial charge in [0.15, 0.2) is 17.5 Å². The molecule has 3 aromatic heterocycles. The van der Waals surface area contributed by atoms with E-state index in [1.165, 1.54) is 38.5 Å².